The van der Waals surface area contributed by atoms with Gasteiger partial charge in [0.2, 0.25) is 5.91 Å². The molecule has 1 atom stereocenters. The number of nitrogens with zero attached hydrogens (tertiary/aromatic N) is 1. The standard InChI is InChI=1S/C17H14F3N3O2/c18-10-2-1-3-13(6-10)23-9-12(8-16(23)24)21-17(25)22-15-7-11(19)4-5-14(15)20/h1-7,12H,8-9H2,(H2,21,22,25)/t12-/m0/s1. The van der Waals surface area contributed by atoms with Gasteiger partial charge in [0, 0.05) is 24.7 Å². The van der Waals surface area contributed by atoms with Gasteiger partial charge in [-0.2, -0.15) is 0 Å². The van der Waals surface area contributed by atoms with Gasteiger partial charge in [0.1, 0.15) is 17.5 Å². The number of benzene rings is 2. The van der Waals surface area contributed by atoms with E-state index in [1.807, 2.05) is 0 Å². The average molecular weight is 349 g/mol. The first-order valence-corrected chi connectivity index (χ1v) is 7.51. The van der Waals surface area contributed by atoms with Crippen LogP contribution in [0.4, 0.5) is 29.3 Å². The number of nitrogens with one attached hydrogen (secondary N) is 2. The molecular weight excluding hydrogens is 335 g/mol. The summed E-state index contributed by atoms with van der Waals surface area (Å²) < 4.78 is 39.9. The minimum Gasteiger partial charge on any atom is -0.333 e. The normalized spacial score (nSPS) is 16.8. The Morgan fingerprint density at radius 3 is 2.60 bits per heavy atom. The molecule has 130 valence electrons. The molecule has 1 aliphatic heterocycles. The molecule has 1 aliphatic rings. The van der Waals surface area contributed by atoms with Crippen LogP contribution in [0.5, 0.6) is 0 Å². The molecule has 1 fully saturated rings. The topological polar surface area (TPSA) is 61.4 Å². The third-order valence-corrected chi connectivity index (χ3v) is 3.76. The van der Waals surface area contributed by atoms with Gasteiger partial charge >= 0.3 is 6.03 Å². The van der Waals surface area contributed by atoms with Crippen molar-refractivity contribution in [3.63, 3.8) is 0 Å². The van der Waals surface area contributed by atoms with E-state index in [1.165, 1.54) is 23.1 Å². The molecule has 0 aliphatic carbocycles. The quantitative estimate of drug-likeness (QED) is 0.895. The predicted molar refractivity (Wildman–Crippen MR) is 85.7 cm³/mol. The molecule has 2 aromatic rings. The van der Waals surface area contributed by atoms with Crippen LogP contribution in [-0.2, 0) is 4.79 Å². The lowest BCUT2D eigenvalue weighted by molar-refractivity contribution is -0.117. The van der Waals surface area contributed by atoms with Crippen LogP contribution in [0.3, 0.4) is 0 Å². The van der Waals surface area contributed by atoms with Crippen LogP contribution in [-0.4, -0.2) is 24.5 Å². The van der Waals surface area contributed by atoms with E-state index in [-0.39, 0.29) is 24.6 Å². The second-order valence-corrected chi connectivity index (χ2v) is 5.61. The van der Waals surface area contributed by atoms with E-state index in [4.69, 9.17) is 0 Å². The lowest BCUT2D eigenvalue weighted by atomic mass is 10.2. The van der Waals surface area contributed by atoms with Crippen LogP contribution >= 0.6 is 0 Å². The zero-order chi connectivity index (χ0) is 18.0. The van der Waals surface area contributed by atoms with Crippen LogP contribution in [0.2, 0.25) is 0 Å². The Labute approximate surface area is 141 Å². The minimum atomic E-state index is -0.777. The highest BCUT2D eigenvalue weighted by Crippen LogP contribution is 2.22. The molecule has 3 rings (SSSR count). The number of carbonyl (C=O) groups excluding carboxylic acids is 2. The summed E-state index contributed by atoms with van der Waals surface area (Å²) >= 11 is 0. The van der Waals surface area contributed by atoms with Crippen molar-refractivity contribution >= 4 is 23.3 Å². The van der Waals surface area contributed by atoms with E-state index in [0.29, 0.717) is 5.69 Å². The first-order valence-electron chi connectivity index (χ1n) is 7.51. The van der Waals surface area contributed by atoms with Crippen molar-refractivity contribution in [3.05, 3.63) is 59.9 Å². The average Bonchev–Trinajstić information content (AvgIpc) is 2.91. The number of anilines is 2. The van der Waals surface area contributed by atoms with Gasteiger partial charge < -0.3 is 15.5 Å². The molecule has 8 heteroatoms. The van der Waals surface area contributed by atoms with Crippen LogP contribution in [0.1, 0.15) is 6.42 Å². The van der Waals surface area contributed by atoms with E-state index < -0.39 is 29.5 Å². The summed E-state index contributed by atoms with van der Waals surface area (Å²) in [5, 5.41) is 4.72. The van der Waals surface area contributed by atoms with Crippen molar-refractivity contribution in [2.75, 3.05) is 16.8 Å². The fourth-order valence-corrected chi connectivity index (χ4v) is 2.63. The highest BCUT2D eigenvalue weighted by molar-refractivity contribution is 5.97. The first kappa shape index (κ1) is 16.8. The van der Waals surface area contributed by atoms with Gasteiger partial charge in [-0.3, -0.25) is 4.79 Å². The van der Waals surface area contributed by atoms with E-state index >= 15 is 0 Å². The molecule has 25 heavy (non-hydrogen) atoms. The number of amides is 3. The Kier molecular flexibility index (Phi) is 4.60. The molecule has 1 heterocycles. The fourth-order valence-electron chi connectivity index (χ4n) is 2.63. The summed E-state index contributed by atoms with van der Waals surface area (Å²) in [5.41, 5.74) is 0.0923. The SMILES string of the molecule is O=C(Nc1cc(F)ccc1F)N[C@H]1CC(=O)N(c2cccc(F)c2)C1. The summed E-state index contributed by atoms with van der Waals surface area (Å²) in [6.07, 6.45) is 0.0234. The summed E-state index contributed by atoms with van der Waals surface area (Å²) in [7, 11) is 0. The molecule has 3 amide bonds. The molecule has 1 saturated heterocycles. The lowest BCUT2D eigenvalue weighted by Crippen LogP contribution is -2.39. The second-order valence-electron chi connectivity index (χ2n) is 5.61. The number of carbonyl (C=O) groups is 2. The number of rotatable bonds is 3. The first-order chi connectivity index (χ1) is 11.9. The Balaban J connectivity index is 1.63. The zero-order valence-corrected chi connectivity index (χ0v) is 12.9. The monoisotopic (exact) mass is 349 g/mol. The number of halogens is 3. The van der Waals surface area contributed by atoms with Gasteiger partial charge in [-0.25, -0.2) is 18.0 Å². The van der Waals surface area contributed by atoms with Crippen LogP contribution in [0.25, 0.3) is 0 Å². The molecular formula is C17H14F3N3O2. The summed E-state index contributed by atoms with van der Waals surface area (Å²) in [6.45, 7) is 0.154. The summed E-state index contributed by atoms with van der Waals surface area (Å²) in [6, 6.07) is 6.96. The van der Waals surface area contributed by atoms with Gasteiger partial charge in [0.25, 0.3) is 0 Å². The van der Waals surface area contributed by atoms with Crippen molar-refractivity contribution in [1.29, 1.82) is 0 Å². The summed E-state index contributed by atoms with van der Waals surface area (Å²) in [4.78, 5) is 25.3. The molecule has 2 N–H and O–H groups in total. The third-order valence-electron chi connectivity index (χ3n) is 3.76. The maximum absolute atomic E-state index is 13.5. The second kappa shape index (κ2) is 6.84. The van der Waals surface area contributed by atoms with Crippen molar-refractivity contribution in [2.24, 2.45) is 0 Å². The Morgan fingerprint density at radius 2 is 1.84 bits per heavy atom. The molecule has 0 radical (unpaired) electrons. The highest BCUT2D eigenvalue weighted by Gasteiger charge is 2.31. The molecule has 0 unspecified atom stereocenters. The predicted octanol–water partition coefficient (Wildman–Crippen LogP) is 3.03. The molecule has 0 spiro atoms. The van der Waals surface area contributed by atoms with Crippen molar-refractivity contribution in [3.8, 4) is 0 Å². The minimum absolute atomic E-state index is 0.0234. The van der Waals surface area contributed by atoms with Gasteiger partial charge in [-0.1, -0.05) is 6.07 Å². The maximum atomic E-state index is 13.5. The Bertz CT molecular complexity index is 829. The van der Waals surface area contributed by atoms with E-state index in [9.17, 15) is 22.8 Å². The third kappa shape index (κ3) is 3.90. The van der Waals surface area contributed by atoms with Crippen LogP contribution in [0.15, 0.2) is 42.5 Å². The van der Waals surface area contributed by atoms with Crippen LogP contribution in [0, 0.1) is 17.5 Å². The van der Waals surface area contributed by atoms with Gasteiger partial charge in [0.15, 0.2) is 0 Å². The molecule has 0 aromatic heterocycles. The number of hydrogen-bond acceptors (Lipinski definition) is 2. The van der Waals surface area contributed by atoms with Crippen molar-refractivity contribution < 1.29 is 22.8 Å². The van der Waals surface area contributed by atoms with E-state index in [0.717, 1.165) is 18.2 Å². The molecule has 0 bridgehead atoms. The molecule has 5 nitrogen and oxygen atoms in total. The van der Waals surface area contributed by atoms with Crippen molar-refractivity contribution in [1.82, 2.24) is 5.32 Å². The van der Waals surface area contributed by atoms with Gasteiger partial charge in [0.05, 0.1) is 11.7 Å². The highest BCUT2D eigenvalue weighted by atomic mass is 19.1. The van der Waals surface area contributed by atoms with E-state index in [1.54, 1.807) is 6.07 Å². The largest absolute Gasteiger partial charge is 0.333 e. The van der Waals surface area contributed by atoms with Crippen LogP contribution < -0.4 is 15.5 Å². The molecule has 2 aromatic carbocycles. The Hall–Kier alpha value is -3.03. The fraction of sp³-hybridized carbons (Fsp3) is 0.176. The zero-order valence-electron chi connectivity index (χ0n) is 12.9. The summed E-state index contributed by atoms with van der Waals surface area (Å²) in [5.74, 6) is -2.21. The maximum Gasteiger partial charge on any atom is 0.319 e. The van der Waals surface area contributed by atoms with Gasteiger partial charge in [-0.15, -0.1) is 0 Å². The van der Waals surface area contributed by atoms with Gasteiger partial charge in [-0.05, 0) is 30.3 Å². The number of urea groups is 1. The molecule has 0 saturated carbocycles. The van der Waals surface area contributed by atoms with E-state index in [2.05, 4.69) is 10.6 Å². The smallest absolute Gasteiger partial charge is 0.319 e. The number of hydrogen-bond donors (Lipinski definition) is 2. The van der Waals surface area contributed by atoms with Crippen molar-refractivity contribution in [2.45, 2.75) is 12.5 Å². The lowest BCUT2D eigenvalue weighted by Gasteiger charge is -2.17. The Morgan fingerprint density at radius 1 is 1.08 bits per heavy atom.